The topological polar surface area (TPSA) is 86.8 Å². The molecule has 1 fully saturated rings. The van der Waals surface area contributed by atoms with E-state index in [-0.39, 0.29) is 33.9 Å². The van der Waals surface area contributed by atoms with Crippen LogP contribution in [0.4, 0.5) is 18.9 Å². The molecule has 0 heterocycles. The Morgan fingerprint density at radius 3 is 2.22 bits per heavy atom. The molecule has 1 saturated carbocycles. The van der Waals surface area contributed by atoms with Crippen LogP contribution in [0.1, 0.15) is 56.6 Å². The molecule has 0 aromatic heterocycles. The second-order valence-electron chi connectivity index (χ2n) is 11.0. The zero-order valence-electron chi connectivity index (χ0n) is 24.9. The number of hydrogen-bond donors (Lipinski definition) is 1. The van der Waals surface area contributed by atoms with Crippen molar-refractivity contribution in [3.8, 4) is 0 Å². The van der Waals surface area contributed by atoms with Crippen molar-refractivity contribution in [1.82, 2.24) is 10.2 Å². The summed E-state index contributed by atoms with van der Waals surface area (Å²) in [6, 6.07) is 12.7. The van der Waals surface area contributed by atoms with Crippen molar-refractivity contribution in [2.75, 3.05) is 10.8 Å². The molecule has 4 rings (SSSR count). The van der Waals surface area contributed by atoms with Gasteiger partial charge in [-0.3, -0.25) is 13.9 Å². The molecule has 14 heteroatoms. The molecule has 0 bridgehead atoms. The Labute approximate surface area is 281 Å². The number of sulfonamides is 1. The van der Waals surface area contributed by atoms with Crippen LogP contribution in [-0.4, -0.2) is 43.8 Å². The van der Waals surface area contributed by atoms with Crippen LogP contribution in [0.5, 0.6) is 0 Å². The molecule has 1 atom stereocenters. The van der Waals surface area contributed by atoms with E-state index >= 15 is 0 Å². The van der Waals surface area contributed by atoms with Gasteiger partial charge in [-0.15, -0.1) is 0 Å². The number of rotatable bonds is 11. The third kappa shape index (κ3) is 8.67. The molecule has 0 unspecified atom stereocenters. The van der Waals surface area contributed by atoms with Crippen molar-refractivity contribution >= 4 is 62.3 Å². The van der Waals surface area contributed by atoms with E-state index < -0.39 is 51.9 Å². The van der Waals surface area contributed by atoms with Gasteiger partial charge in [0, 0.05) is 22.6 Å². The Morgan fingerprint density at radius 2 is 1.61 bits per heavy atom. The molecule has 0 spiro atoms. The van der Waals surface area contributed by atoms with Crippen LogP contribution in [0, 0.1) is 0 Å². The summed E-state index contributed by atoms with van der Waals surface area (Å²) in [5, 5.41) is 3.25. The summed E-state index contributed by atoms with van der Waals surface area (Å²) in [5.41, 5.74) is -1.27. The van der Waals surface area contributed by atoms with Crippen molar-refractivity contribution in [2.24, 2.45) is 0 Å². The Bertz CT molecular complexity index is 1650. The van der Waals surface area contributed by atoms with Crippen LogP contribution in [0.3, 0.4) is 0 Å². The van der Waals surface area contributed by atoms with Crippen molar-refractivity contribution in [2.45, 2.75) is 75.1 Å². The number of benzene rings is 3. The van der Waals surface area contributed by atoms with Gasteiger partial charge in [0.15, 0.2) is 0 Å². The maximum Gasteiger partial charge on any atom is 0.416 e. The summed E-state index contributed by atoms with van der Waals surface area (Å²) in [7, 11) is -4.64. The zero-order valence-corrected chi connectivity index (χ0v) is 28.0. The molecule has 0 radical (unpaired) electrons. The number of carbonyl (C=O) groups is 2. The Morgan fingerprint density at radius 1 is 0.935 bits per heavy atom. The SMILES string of the molecule is CC[C@H](C(=O)NC1CCCCC1)N(Cc1ccc(Cl)cc1Cl)C(=O)CN(c1cc(C(F)(F)F)ccc1Cl)S(=O)(=O)c1ccccc1. The van der Waals surface area contributed by atoms with Gasteiger partial charge in [0.05, 0.1) is 21.2 Å². The average molecular weight is 719 g/mol. The van der Waals surface area contributed by atoms with Crippen molar-refractivity contribution in [1.29, 1.82) is 0 Å². The summed E-state index contributed by atoms with van der Waals surface area (Å²) in [4.78, 5) is 28.9. The highest BCUT2D eigenvalue weighted by Gasteiger charge is 2.37. The number of halogens is 6. The van der Waals surface area contributed by atoms with Gasteiger partial charge in [0.2, 0.25) is 11.8 Å². The molecule has 3 aromatic rings. The fraction of sp³-hybridized carbons (Fsp3) is 0.375. The van der Waals surface area contributed by atoms with Crippen LogP contribution < -0.4 is 9.62 Å². The predicted octanol–water partition coefficient (Wildman–Crippen LogP) is 8.12. The first-order chi connectivity index (χ1) is 21.7. The van der Waals surface area contributed by atoms with E-state index in [1.54, 1.807) is 25.1 Å². The lowest BCUT2D eigenvalue weighted by molar-refractivity contribution is -0.140. The van der Waals surface area contributed by atoms with E-state index in [0.717, 1.165) is 44.2 Å². The average Bonchev–Trinajstić information content (AvgIpc) is 3.01. The third-order valence-corrected chi connectivity index (χ3v) is 10.5. The first-order valence-electron chi connectivity index (χ1n) is 14.7. The van der Waals surface area contributed by atoms with Gasteiger partial charge in [-0.2, -0.15) is 13.2 Å². The first kappa shape index (κ1) is 35.9. The molecule has 0 saturated heterocycles. The summed E-state index contributed by atoms with van der Waals surface area (Å²) < 4.78 is 69.8. The lowest BCUT2D eigenvalue weighted by atomic mass is 9.95. The minimum atomic E-state index is -4.83. The molecule has 1 aliphatic rings. The normalized spacial score (nSPS) is 14.8. The molecule has 0 aliphatic heterocycles. The van der Waals surface area contributed by atoms with E-state index in [0.29, 0.717) is 21.0 Å². The van der Waals surface area contributed by atoms with E-state index in [1.807, 2.05) is 0 Å². The second kappa shape index (κ2) is 15.3. The minimum absolute atomic E-state index is 0.0785. The van der Waals surface area contributed by atoms with Crippen molar-refractivity contribution in [3.05, 3.63) is 92.9 Å². The Balaban J connectivity index is 1.79. The van der Waals surface area contributed by atoms with Gasteiger partial charge in [0.25, 0.3) is 10.0 Å². The zero-order chi connectivity index (χ0) is 33.6. The summed E-state index contributed by atoms with van der Waals surface area (Å²) in [6.07, 6.45) is -0.123. The second-order valence-corrected chi connectivity index (χ2v) is 14.1. The van der Waals surface area contributed by atoms with Gasteiger partial charge in [-0.1, -0.05) is 85.3 Å². The summed E-state index contributed by atoms with van der Waals surface area (Å²) >= 11 is 18.8. The van der Waals surface area contributed by atoms with Gasteiger partial charge >= 0.3 is 6.18 Å². The fourth-order valence-corrected chi connectivity index (χ4v) is 7.59. The highest BCUT2D eigenvalue weighted by atomic mass is 35.5. The maximum atomic E-state index is 14.3. The number of hydrogen-bond acceptors (Lipinski definition) is 4. The van der Waals surface area contributed by atoms with Crippen LogP contribution in [0.2, 0.25) is 15.1 Å². The van der Waals surface area contributed by atoms with Crippen LogP contribution in [0.15, 0.2) is 71.6 Å². The number of nitrogens with zero attached hydrogens (tertiary/aromatic N) is 2. The number of anilines is 1. The Hall–Kier alpha value is -2.99. The van der Waals surface area contributed by atoms with Crippen LogP contribution >= 0.6 is 34.8 Å². The molecule has 3 aromatic carbocycles. The highest BCUT2D eigenvalue weighted by Crippen LogP contribution is 2.37. The molecule has 7 nitrogen and oxygen atoms in total. The number of carbonyl (C=O) groups excluding carboxylic acids is 2. The largest absolute Gasteiger partial charge is 0.416 e. The van der Waals surface area contributed by atoms with Gasteiger partial charge < -0.3 is 10.2 Å². The van der Waals surface area contributed by atoms with E-state index in [9.17, 15) is 31.2 Å². The summed E-state index contributed by atoms with van der Waals surface area (Å²) in [5.74, 6) is -1.29. The standard InChI is InChI=1S/C32H33Cl3F3N3O4S/c1-2-28(31(43)39-24-9-5-3-6-10-24)40(19-21-13-15-23(33)18-27(21)35)30(42)20-41(46(44,45)25-11-7-4-8-12-25)29-17-22(32(36,37)38)14-16-26(29)34/h4,7-8,11-18,24,28H,2-3,5-6,9-10,19-20H2,1H3,(H,39,43)/t28-/m1/s1. The quantitative estimate of drug-likeness (QED) is 0.217. The number of alkyl halides is 3. The Kier molecular flexibility index (Phi) is 11.9. The lowest BCUT2D eigenvalue weighted by Gasteiger charge is -2.35. The molecular weight excluding hydrogens is 686 g/mol. The molecule has 248 valence electrons. The monoisotopic (exact) mass is 717 g/mol. The molecule has 2 amide bonds. The van der Waals surface area contributed by atoms with E-state index in [4.69, 9.17) is 34.8 Å². The molecule has 1 N–H and O–H groups in total. The molecule has 46 heavy (non-hydrogen) atoms. The molecular formula is C32H33Cl3F3N3O4S. The van der Waals surface area contributed by atoms with Crippen molar-refractivity contribution < 1.29 is 31.2 Å². The van der Waals surface area contributed by atoms with E-state index in [1.165, 1.54) is 35.2 Å². The minimum Gasteiger partial charge on any atom is -0.352 e. The smallest absolute Gasteiger partial charge is 0.352 e. The lowest BCUT2D eigenvalue weighted by Crippen LogP contribution is -2.54. The predicted molar refractivity (Wildman–Crippen MR) is 174 cm³/mol. The van der Waals surface area contributed by atoms with Crippen LogP contribution in [-0.2, 0) is 32.3 Å². The van der Waals surface area contributed by atoms with Gasteiger partial charge in [-0.05, 0) is 67.3 Å². The van der Waals surface area contributed by atoms with Crippen molar-refractivity contribution in [3.63, 3.8) is 0 Å². The number of nitrogens with one attached hydrogen (secondary N) is 1. The number of amides is 2. The third-order valence-electron chi connectivity index (χ3n) is 7.85. The van der Waals surface area contributed by atoms with E-state index in [2.05, 4.69) is 5.32 Å². The van der Waals surface area contributed by atoms with Gasteiger partial charge in [-0.25, -0.2) is 8.42 Å². The first-order valence-corrected chi connectivity index (χ1v) is 17.3. The highest BCUT2D eigenvalue weighted by molar-refractivity contribution is 7.92. The molecule has 1 aliphatic carbocycles. The maximum absolute atomic E-state index is 14.3. The fourth-order valence-electron chi connectivity index (χ4n) is 5.41. The van der Waals surface area contributed by atoms with Crippen LogP contribution in [0.25, 0.3) is 0 Å². The summed E-state index contributed by atoms with van der Waals surface area (Å²) in [6.45, 7) is 0.536. The van der Waals surface area contributed by atoms with Gasteiger partial charge in [0.1, 0.15) is 12.6 Å².